The smallest absolute Gasteiger partial charge is 0.227 e. The summed E-state index contributed by atoms with van der Waals surface area (Å²) in [6.07, 6.45) is 0.385. The van der Waals surface area contributed by atoms with Gasteiger partial charge in [0.1, 0.15) is 0 Å². The summed E-state index contributed by atoms with van der Waals surface area (Å²) in [5, 5.41) is 8.71. The number of benzene rings is 1. The van der Waals surface area contributed by atoms with E-state index in [1.807, 2.05) is 24.0 Å². The Kier molecular flexibility index (Phi) is 3.96. The van der Waals surface area contributed by atoms with Gasteiger partial charge in [0.15, 0.2) is 0 Å². The summed E-state index contributed by atoms with van der Waals surface area (Å²) < 4.78 is 5.31. The van der Waals surface area contributed by atoms with Gasteiger partial charge in [0.05, 0.1) is 37.3 Å². The molecule has 0 radical (unpaired) electrons. The Morgan fingerprint density at radius 1 is 1.50 bits per heavy atom. The molecule has 0 aliphatic carbocycles. The number of hydrogen-bond donors (Lipinski definition) is 0. The molecule has 2 rings (SSSR count). The standard InChI is InChI=1S/C14H16N2O2/c1-11-10-18-7-6-16(11)14(17)8-12-2-4-13(9-15)5-3-12/h2-5,11H,6-8,10H2,1H3. The third-order valence-corrected chi connectivity index (χ3v) is 3.13. The van der Waals surface area contributed by atoms with Gasteiger partial charge >= 0.3 is 0 Å². The fourth-order valence-electron chi connectivity index (χ4n) is 2.07. The molecule has 1 fully saturated rings. The zero-order valence-electron chi connectivity index (χ0n) is 10.4. The Morgan fingerprint density at radius 2 is 2.22 bits per heavy atom. The van der Waals surface area contributed by atoms with E-state index in [-0.39, 0.29) is 11.9 Å². The van der Waals surface area contributed by atoms with E-state index in [2.05, 4.69) is 6.07 Å². The SMILES string of the molecule is CC1COCCN1C(=O)Cc1ccc(C#N)cc1. The van der Waals surface area contributed by atoms with Crippen molar-refractivity contribution in [2.24, 2.45) is 0 Å². The lowest BCUT2D eigenvalue weighted by Gasteiger charge is -2.33. The Bertz CT molecular complexity index is 462. The minimum atomic E-state index is 0.121. The maximum atomic E-state index is 12.1. The Hall–Kier alpha value is -1.86. The molecule has 18 heavy (non-hydrogen) atoms. The van der Waals surface area contributed by atoms with Crippen LogP contribution in [0.4, 0.5) is 0 Å². The van der Waals surface area contributed by atoms with Crippen LogP contribution in [-0.4, -0.2) is 36.6 Å². The number of ether oxygens (including phenoxy) is 1. The zero-order valence-corrected chi connectivity index (χ0v) is 10.4. The minimum absolute atomic E-state index is 0.121. The lowest BCUT2D eigenvalue weighted by molar-refractivity contribution is -0.138. The van der Waals surface area contributed by atoms with Gasteiger partial charge in [0.25, 0.3) is 0 Å². The van der Waals surface area contributed by atoms with Crippen LogP contribution >= 0.6 is 0 Å². The van der Waals surface area contributed by atoms with Crippen LogP contribution in [-0.2, 0) is 16.0 Å². The van der Waals surface area contributed by atoms with Crippen molar-refractivity contribution in [1.82, 2.24) is 4.90 Å². The molecule has 1 unspecified atom stereocenters. The maximum absolute atomic E-state index is 12.1. The molecule has 0 bridgehead atoms. The lowest BCUT2D eigenvalue weighted by atomic mass is 10.1. The van der Waals surface area contributed by atoms with Gasteiger partial charge in [-0.1, -0.05) is 12.1 Å². The van der Waals surface area contributed by atoms with Crippen LogP contribution in [0.3, 0.4) is 0 Å². The van der Waals surface area contributed by atoms with Crippen molar-refractivity contribution in [3.63, 3.8) is 0 Å². The molecule has 0 aromatic heterocycles. The second-order valence-electron chi connectivity index (χ2n) is 4.50. The number of carbonyl (C=O) groups is 1. The number of nitrogens with zero attached hydrogens (tertiary/aromatic N) is 2. The molecule has 0 N–H and O–H groups in total. The predicted octanol–water partition coefficient (Wildman–Crippen LogP) is 1.35. The molecule has 1 atom stereocenters. The first-order valence-electron chi connectivity index (χ1n) is 6.07. The normalized spacial score (nSPS) is 19.3. The number of morpholine rings is 1. The molecule has 1 amide bonds. The van der Waals surface area contributed by atoms with E-state index < -0.39 is 0 Å². The first kappa shape index (κ1) is 12.6. The van der Waals surface area contributed by atoms with Crippen molar-refractivity contribution < 1.29 is 9.53 Å². The molecular weight excluding hydrogens is 228 g/mol. The zero-order chi connectivity index (χ0) is 13.0. The fourth-order valence-corrected chi connectivity index (χ4v) is 2.07. The number of nitriles is 1. The molecule has 4 heteroatoms. The summed E-state index contributed by atoms with van der Waals surface area (Å²) in [7, 11) is 0. The molecule has 1 aliphatic heterocycles. The molecular formula is C14H16N2O2. The molecule has 1 saturated heterocycles. The summed E-state index contributed by atoms with van der Waals surface area (Å²) in [5.74, 6) is 0.121. The van der Waals surface area contributed by atoms with Crippen LogP contribution in [0.5, 0.6) is 0 Å². The third kappa shape index (κ3) is 2.88. The van der Waals surface area contributed by atoms with Gasteiger partial charge in [-0.05, 0) is 24.6 Å². The van der Waals surface area contributed by atoms with Gasteiger partial charge in [-0.25, -0.2) is 0 Å². The highest BCUT2D eigenvalue weighted by atomic mass is 16.5. The van der Waals surface area contributed by atoms with Crippen molar-refractivity contribution in [3.8, 4) is 6.07 Å². The topological polar surface area (TPSA) is 53.3 Å². The summed E-state index contributed by atoms with van der Waals surface area (Å²) in [6.45, 7) is 3.88. The molecule has 4 nitrogen and oxygen atoms in total. The average Bonchev–Trinajstić information content (AvgIpc) is 2.40. The molecule has 1 heterocycles. The van der Waals surface area contributed by atoms with Crippen LogP contribution in [0, 0.1) is 11.3 Å². The number of carbonyl (C=O) groups excluding carboxylic acids is 1. The van der Waals surface area contributed by atoms with Crippen molar-refractivity contribution >= 4 is 5.91 Å². The second kappa shape index (κ2) is 5.65. The number of rotatable bonds is 2. The average molecular weight is 244 g/mol. The van der Waals surface area contributed by atoms with E-state index in [1.54, 1.807) is 12.1 Å². The van der Waals surface area contributed by atoms with Gasteiger partial charge in [-0.3, -0.25) is 4.79 Å². The van der Waals surface area contributed by atoms with E-state index in [9.17, 15) is 4.79 Å². The molecule has 0 spiro atoms. The summed E-state index contributed by atoms with van der Waals surface area (Å²) in [5.41, 5.74) is 1.56. The fraction of sp³-hybridized carbons (Fsp3) is 0.429. The highest BCUT2D eigenvalue weighted by molar-refractivity contribution is 5.79. The first-order valence-corrected chi connectivity index (χ1v) is 6.07. The molecule has 1 aromatic rings. The molecule has 1 aromatic carbocycles. The minimum Gasteiger partial charge on any atom is -0.377 e. The summed E-state index contributed by atoms with van der Waals surface area (Å²) >= 11 is 0. The monoisotopic (exact) mass is 244 g/mol. The van der Waals surface area contributed by atoms with Crippen molar-refractivity contribution in [1.29, 1.82) is 5.26 Å². The van der Waals surface area contributed by atoms with E-state index >= 15 is 0 Å². The summed E-state index contributed by atoms with van der Waals surface area (Å²) in [6, 6.07) is 9.36. The van der Waals surface area contributed by atoms with Crippen LogP contribution < -0.4 is 0 Å². The largest absolute Gasteiger partial charge is 0.377 e. The predicted molar refractivity (Wildman–Crippen MR) is 66.9 cm³/mol. The Balaban J connectivity index is 1.99. The number of amides is 1. The van der Waals surface area contributed by atoms with E-state index in [0.717, 1.165) is 5.56 Å². The maximum Gasteiger partial charge on any atom is 0.227 e. The van der Waals surface area contributed by atoms with E-state index in [4.69, 9.17) is 10.00 Å². The van der Waals surface area contributed by atoms with Gasteiger partial charge in [-0.15, -0.1) is 0 Å². The Morgan fingerprint density at radius 3 is 2.83 bits per heavy atom. The lowest BCUT2D eigenvalue weighted by Crippen LogP contribution is -2.47. The highest BCUT2D eigenvalue weighted by Crippen LogP contribution is 2.11. The van der Waals surface area contributed by atoms with Gasteiger partial charge in [0, 0.05) is 6.54 Å². The number of hydrogen-bond acceptors (Lipinski definition) is 3. The highest BCUT2D eigenvalue weighted by Gasteiger charge is 2.23. The molecule has 0 saturated carbocycles. The van der Waals surface area contributed by atoms with Crippen molar-refractivity contribution in [3.05, 3.63) is 35.4 Å². The van der Waals surface area contributed by atoms with Crippen LogP contribution in [0.15, 0.2) is 24.3 Å². The van der Waals surface area contributed by atoms with Gasteiger partial charge in [0.2, 0.25) is 5.91 Å². The first-order chi connectivity index (χ1) is 8.70. The van der Waals surface area contributed by atoms with Crippen LogP contribution in [0.2, 0.25) is 0 Å². The second-order valence-corrected chi connectivity index (χ2v) is 4.50. The third-order valence-electron chi connectivity index (χ3n) is 3.13. The van der Waals surface area contributed by atoms with E-state index in [0.29, 0.717) is 31.7 Å². The Labute approximate surface area is 107 Å². The van der Waals surface area contributed by atoms with Gasteiger partial charge < -0.3 is 9.64 Å². The van der Waals surface area contributed by atoms with E-state index in [1.165, 1.54) is 0 Å². The van der Waals surface area contributed by atoms with Gasteiger partial charge in [-0.2, -0.15) is 5.26 Å². The quantitative estimate of drug-likeness (QED) is 0.789. The van der Waals surface area contributed by atoms with Crippen molar-refractivity contribution in [2.45, 2.75) is 19.4 Å². The van der Waals surface area contributed by atoms with Crippen LogP contribution in [0.25, 0.3) is 0 Å². The van der Waals surface area contributed by atoms with Crippen molar-refractivity contribution in [2.75, 3.05) is 19.8 Å². The molecule has 1 aliphatic rings. The van der Waals surface area contributed by atoms with Crippen LogP contribution in [0.1, 0.15) is 18.1 Å². The summed E-state index contributed by atoms with van der Waals surface area (Å²) in [4.78, 5) is 14.0. The molecule has 94 valence electrons.